The fourth-order valence-corrected chi connectivity index (χ4v) is 1.80. The van der Waals surface area contributed by atoms with E-state index in [1.54, 1.807) is 6.07 Å². The van der Waals surface area contributed by atoms with Gasteiger partial charge >= 0.3 is 5.97 Å². The van der Waals surface area contributed by atoms with Crippen LogP contribution < -0.4 is 4.72 Å². The summed E-state index contributed by atoms with van der Waals surface area (Å²) >= 11 is 0. The molecule has 19 heavy (non-hydrogen) atoms. The summed E-state index contributed by atoms with van der Waals surface area (Å²) in [7, 11) is -3.83. The van der Waals surface area contributed by atoms with E-state index in [-0.39, 0.29) is 5.82 Å². The molecule has 2 N–H and O–H groups in total. The molecule has 0 aromatic carbocycles. The number of hydrogen-bond acceptors (Lipinski definition) is 5. The van der Waals surface area contributed by atoms with Crippen molar-refractivity contribution in [3.8, 4) is 6.07 Å². The van der Waals surface area contributed by atoms with Gasteiger partial charge in [0.25, 0.3) is 0 Å². The number of aliphatic carboxylic acids is 1. The highest BCUT2D eigenvalue weighted by atomic mass is 32.2. The molecule has 0 bridgehead atoms. The first-order valence-corrected chi connectivity index (χ1v) is 6.68. The van der Waals surface area contributed by atoms with E-state index >= 15 is 0 Å². The lowest BCUT2D eigenvalue weighted by atomic mass is 10.2. The van der Waals surface area contributed by atoms with Gasteiger partial charge in [0, 0.05) is 12.3 Å². The van der Waals surface area contributed by atoms with Crippen molar-refractivity contribution >= 4 is 27.9 Å². The van der Waals surface area contributed by atoms with Gasteiger partial charge in [-0.25, -0.2) is 18.2 Å². The minimum atomic E-state index is -3.83. The summed E-state index contributed by atoms with van der Waals surface area (Å²) in [5.41, 5.74) is 0.472. The Morgan fingerprint density at radius 2 is 2.32 bits per heavy atom. The maximum atomic E-state index is 11.6. The second kappa shape index (κ2) is 5.97. The van der Waals surface area contributed by atoms with Crippen molar-refractivity contribution in [3.05, 3.63) is 30.0 Å². The van der Waals surface area contributed by atoms with Crippen molar-refractivity contribution in [2.45, 2.75) is 12.2 Å². The molecule has 1 aromatic rings. The molecular weight excluding hydrogens is 270 g/mol. The number of pyridine rings is 1. The van der Waals surface area contributed by atoms with Gasteiger partial charge in [-0.2, -0.15) is 5.26 Å². The number of carboxylic acid groups (broad SMARTS) is 1. The maximum Gasteiger partial charge on any atom is 0.328 e. The largest absolute Gasteiger partial charge is 0.478 e. The van der Waals surface area contributed by atoms with Crippen LogP contribution in [0.1, 0.15) is 12.5 Å². The van der Waals surface area contributed by atoms with Crippen molar-refractivity contribution in [2.24, 2.45) is 0 Å². The number of carbonyl (C=O) groups is 1. The molecule has 0 spiro atoms. The molecular formula is C11H11N3O4S. The zero-order chi connectivity index (χ0) is 14.5. The van der Waals surface area contributed by atoms with Crippen LogP contribution in [-0.4, -0.2) is 29.7 Å². The number of aromatic nitrogens is 1. The third-order valence-corrected chi connectivity index (χ3v) is 3.63. The number of anilines is 1. The summed E-state index contributed by atoms with van der Waals surface area (Å²) in [5, 5.41) is 15.9. The van der Waals surface area contributed by atoms with Gasteiger partial charge in [0.2, 0.25) is 10.0 Å². The number of carboxylic acids is 1. The number of nitrogens with zero attached hydrogens (tertiary/aromatic N) is 2. The first-order chi connectivity index (χ1) is 8.85. The molecule has 1 rings (SSSR count). The van der Waals surface area contributed by atoms with Crippen LogP contribution in [0.3, 0.4) is 0 Å². The predicted octanol–water partition coefficient (Wildman–Crippen LogP) is 0.833. The normalized spacial score (nSPS) is 12.8. The van der Waals surface area contributed by atoms with E-state index in [2.05, 4.69) is 9.71 Å². The minimum Gasteiger partial charge on any atom is -0.478 e. The number of nitrogens with one attached hydrogen (secondary N) is 1. The van der Waals surface area contributed by atoms with Gasteiger partial charge in [-0.05, 0) is 30.7 Å². The Morgan fingerprint density at radius 3 is 2.89 bits per heavy atom. The fourth-order valence-electron chi connectivity index (χ4n) is 1.08. The van der Waals surface area contributed by atoms with Crippen molar-refractivity contribution in [1.29, 1.82) is 5.26 Å². The molecule has 0 aliphatic carbocycles. The second-order valence-electron chi connectivity index (χ2n) is 3.56. The summed E-state index contributed by atoms with van der Waals surface area (Å²) in [6.45, 7) is 1.25. The molecule has 7 nitrogen and oxygen atoms in total. The molecule has 8 heteroatoms. The predicted molar refractivity (Wildman–Crippen MR) is 68.5 cm³/mol. The topological polar surface area (TPSA) is 120 Å². The fraction of sp³-hybridized carbons (Fsp3) is 0.182. The van der Waals surface area contributed by atoms with E-state index in [0.29, 0.717) is 5.56 Å². The van der Waals surface area contributed by atoms with Gasteiger partial charge in [-0.3, -0.25) is 4.72 Å². The molecule has 0 aliphatic rings. The highest BCUT2D eigenvalue weighted by molar-refractivity contribution is 7.93. The van der Waals surface area contributed by atoms with Gasteiger partial charge in [-0.1, -0.05) is 0 Å². The van der Waals surface area contributed by atoms with Crippen LogP contribution in [0.2, 0.25) is 0 Å². The average molecular weight is 281 g/mol. The van der Waals surface area contributed by atoms with E-state index in [1.165, 1.54) is 31.3 Å². The molecule has 1 atom stereocenters. The van der Waals surface area contributed by atoms with Crippen LogP contribution >= 0.6 is 0 Å². The highest BCUT2D eigenvalue weighted by Crippen LogP contribution is 2.12. The van der Waals surface area contributed by atoms with Crippen LogP contribution in [-0.2, 0) is 14.8 Å². The Hall–Kier alpha value is -2.40. The van der Waals surface area contributed by atoms with Crippen LogP contribution in [0.15, 0.2) is 24.4 Å². The lowest BCUT2D eigenvalue weighted by molar-refractivity contribution is -0.131. The number of hydrogen-bond donors (Lipinski definition) is 2. The van der Waals surface area contributed by atoms with Gasteiger partial charge < -0.3 is 5.11 Å². The zero-order valence-corrected chi connectivity index (χ0v) is 10.8. The van der Waals surface area contributed by atoms with E-state index in [0.717, 1.165) is 6.08 Å². The third kappa shape index (κ3) is 4.40. The summed E-state index contributed by atoms with van der Waals surface area (Å²) in [6, 6.07) is 4.49. The van der Waals surface area contributed by atoms with Crippen molar-refractivity contribution in [3.63, 3.8) is 0 Å². The van der Waals surface area contributed by atoms with Crippen LogP contribution in [0.25, 0.3) is 6.08 Å². The molecule has 0 radical (unpaired) electrons. The van der Waals surface area contributed by atoms with E-state index in [1.807, 2.05) is 0 Å². The highest BCUT2D eigenvalue weighted by Gasteiger charge is 2.20. The average Bonchev–Trinajstić information content (AvgIpc) is 2.35. The molecule has 100 valence electrons. The van der Waals surface area contributed by atoms with Gasteiger partial charge in [-0.15, -0.1) is 0 Å². The smallest absolute Gasteiger partial charge is 0.328 e. The lowest BCUT2D eigenvalue weighted by Gasteiger charge is -2.08. The van der Waals surface area contributed by atoms with Crippen LogP contribution in [0.4, 0.5) is 5.82 Å². The lowest BCUT2D eigenvalue weighted by Crippen LogP contribution is -2.24. The van der Waals surface area contributed by atoms with Gasteiger partial charge in [0.1, 0.15) is 5.82 Å². The monoisotopic (exact) mass is 281 g/mol. The first-order valence-electron chi connectivity index (χ1n) is 5.13. The van der Waals surface area contributed by atoms with Gasteiger partial charge in [0.05, 0.1) is 6.07 Å². The molecule has 1 unspecified atom stereocenters. The molecule has 0 aliphatic heterocycles. The standard InChI is InChI=1S/C11H11N3O4S/c1-8(7-12)19(17,18)14-10-6-9(4-5-13-10)2-3-11(15)16/h2-6,8H,1H3,(H,13,14)(H,15,16)/b3-2+. The van der Waals surface area contributed by atoms with Crippen molar-refractivity contribution in [2.75, 3.05) is 4.72 Å². The van der Waals surface area contributed by atoms with Crippen LogP contribution in [0.5, 0.6) is 0 Å². The quantitative estimate of drug-likeness (QED) is 0.771. The molecule has 1 aromatic heterocycles. The third-order valence-electron chi connectivity index (χ3n) is 2.10. The van der Waals surface area contributed by atoms with Crippen molar-refractivity contribution < 1.29 is 18.3 Å². The summed E-state index contributed by atoms with van der Waals surface area (Å²) in [5.74, 6) is -1.09. The molecule has 0 fully saturated rings. The van der Waals surface area contributed by atoms with E-state index in [4.69, 9.17) is 10.4 Å². The van der Waals surface area contributed by atoms with Gasteiger partial charge in [0.15, 0.2) is 5.25 Å². The number of nitriles is 1. The Bertz CT molecular complexity index is 646. The minimum absolute atomic E-state index is 0.0228. The van der Waals surface area contributed by atoms with Crippen LogP contribution in [0, 0.1) is 11.3 Å². The molecule has 0 saturated heterocycles. The summed E-state index contributed by atoms with van der Waals surface area (Å²) in [6.07, 6.45) is 3.55. The Kier molecular flexibility index (Phi) is 4.61. The Balaban J connectivity index is 2.96. The molecule has 1 heterocycles. The first kappa shape index (κ1) is 14.7. The Morgan fingerprint density at radius 1 is 1.63 bits per heavy atom. The number of rotatable bonds is 5. The second-order valence-corrected chi connectivity index (χ2v) is 5.57. The number of sulfonamides is 1. The summed E-state index contributed by atoms with van der Waals surface area (Å²) in [4.78, 5) is 14.2. The molecule has 0 saturated carbocycles. The Labute approximate surface area is 110 Å². The summed E-state index contributed by atoms with van der Waals surface area (Å²) < 4.78 is 25.4. The van der Waals surface area contributed by atoms with E-state index in [9.17, 15) is 13.2 Å². The SMILES string of the molecule is CC(C#N)S(=O)(=O)Nc1cc(/C=C/C(=O)O)ccn1. The molecule has 0 amide bonds. The zero-order valence-electron chi connectivity index (χ0n) is 9.94. The van der Waals surface area contributed by atoms with E-state index < -0.39 is 21.2 Å². The maximum absolute atomic E-state index is 11.6. The van der Waals surface area contributed by atoms with Crippen molar-refractivity contribution in [1.82, 2.24) is 4.98 Å².